The van der Waals surface area contributed by atoms with E-state index in [1.165, 1.54) is 35.7 Å². The van der Waals surface area contributed by atoms with Gasteiger partial charge >= 0.3 is 0 Å². The Labute approximate surface area is 163 Å². The summed E-state index contributed by atoms with van der Waals surface area (Å²) in [6.45, 7) is 16.3. The van der Waals surface area contributed by atoms with Crippen molar-refractivity contribution in [2.75, 3.05) is 6.16 Å². The van der Waals surface area contributed by atoms with Gasteiger partial charge < -0.3 is 0 Å². The molecule has 2 aromatic carbocycles. The molecule has 0 amide bonds. The van der Waals surface area contributed by atoms with E-state index in [2.05, 4.69) is 84.9 Å². The van der Waals surface area contributed by atoms with Gasteiger partial charge in [-0.1, -0.05) is 99.9 Å². The quantitative estimate of drug-likeness (QED) is 0.329. The van der Waals surface area contributed by atoms with Crippen molar-refractivity contribution in [2.45, 2.75) is 79.1 Å². The summed E-state index contributed by atoms with van der Waals surface area (Å²) in [5.41, 5.74) is 7.53. The largest absolute Gasteiger partial charge is 0.0897 e. The molecule has 0 aromatic heterocycles. The van der Waals surface area contributed by atoms with E-state index in [1.54, 1.807) is 16.4 Å². The number of rotatable bonds is 8. The first-order chi connectivity index (χ1) is 12.4. The van der Waals surface area contributed by atoms with E-state index < -0.39 is 0 Å². The van der Waals surface area contributed by atoms with E-state index in [9.17, 15) is 0 Å². The normalized spacial score (nSPS) is 12.2. The van der Waals surface area contributed by atoms with Crippen LogP contribution >= 0.6 is 8.58 Å². The lowest BCUT2D eigenvalue weighted by molar-refractivity contribution is 0.843. The summed E-state index contributed by atoms with van der Waals surface area (Å²) in [6.07, 6.45) is 3.95. The molecule has 0 aliphatic carbocycles. The molecular formula is C25H37P. The molecule has 2 aromatic rings. The number of benzene rings is 2. The Bertz CT molecular complexity index is 710. The fraction of sp³-hybridized carbons (Fsp3) is 0.520. The number of hydrogen-bond donors (Lipinski definition) is 0. The maximum absolute atomic E-state index is 2.41. The molecule has 142 valence electrons. The average Bonchev–Trinajstić information content (AvgIpc) is 2.60. The van der Waals surface area contributed by atoms with Crippen LogP contribution in [0.15, 0.2) is 36.4 Å². The summed E-state index contributed by atoms with van der Waals surface area (Å²) in [5.74, 6) is 1.68. The van der Waals surface area contributed by atoms with Crippen LogP contribution in [0.3, 0.4) is 0 Å². The molecule has 2 rings (SSSR count). The fourth-order valence-corrected chi connectivity index (χ4v) is 5.76. The summed E-state index contributed by atoms with van der Waals surface area (Å²) < 4.78 is 0. The minimum atomic E-state index is 0.543. The smallest absolute Gasteiger partial charge is 0.0140 e. The van der Waals surface area contributed by atoms with E-state index >= 15 is 0 Å². The average molecular weight is 369 g/mol. The first-order valence-corrected chi connectivity index (χ1v) is 11.6. The van der Waals surface area contributed by atoms with Gasteiger partial charge in [-0.05, 0) is 63.5 Å². The minimum absolute atomic E-state index is 0.543. The molecule has 1 unspecified atom stereocenters. The fourth-order valence-electron chi connectivity index (χ4n) is 3.79. The van der Waals surface area contributed by atoms with E-state index in [-0.39, 0.29) is 0 Å². The molecule has 26 heavy (non-hydrogen) atoms. The van der Waals surface area contributed by atoms with Crippen molar-refractivity contribution in [1.82, 2.24) is 0 Å². The second kappa shape index (κ2) is 9.70. The molecule has 0 fully saturated rings. The third-order valence-electron chi connectivity index (χ3n) is 5.18. The summed E-state index contributed by atoms with van der Waals surface area (Å²) >= 11 is 0. The molecule has 1 heteroatoms. The lowest BCUT2D eigenvalue weighted by atomic mass is 9.85. The van der Waals surface area contributed by atoms with Crippen LogP contribution in [0.25, 0.3) is 11.1 Å². The Hall–Kier alpha value is -1.13. The highest BCUT2D eigenvalue weighted by Gasteiger charge is 2.20. The molecular weight excluding hydrogens is 331 g/mol. The van der Waals surface area contributed by atoms with Crippen molar-refractivity contribution in [1.29, 1.82) is 0 Å². The molecule has 0 saturated carbocycles. The maximum atomic E-state index is 2.41. The topological polar surface area (TPSA) is 0 Å². The Morgan fingerprint density at radius 1 is 0.731 bits per heavy atom. The summed E-state index contributed by atoms with van der Waals surface area (Å²) in [7, 11) is 0.927. The van der Waals surface area contributed by atoms with Crippen LogP contribution in [0.4, 0.5) is 0 Å². The number of hydrogen-bond acceptors (Lipinski definition) is 0. The Kier molecular flexibility index (Phi) is 7.90. The first-order valence-electron chi connectivity index (χ1n) is 10.4. The highest BCUT2D eigenvalue weighted by Crippen LogP contribution is 2.38. The van der Waals surface area contributed by atoms with Crippen LogP contribution in [0.5, 0.6) is 0 Å². The molecule has 0 saturated heterocycles. The Morgan fingerprint density at radius 3 is 1.96 bits per heavy atom. The van der Waals surface area contributed by atoms with Gasteiger partial charge in [-0.25, -0.2) is 0 Å². The second-order valence-electron chi connectivity index (χ2n) is 8.32. The SMILES string of the molecule is CCCCPc1c(C(C)C)ccc(-c2ccccc2C(C)C)c1C(C)C. The van der Waals surface area contributed by atoms with Crippen LogP contribution in [-0.4, -0.2) is 6.16 Å². The third kappa shape index (κ3) is 4.77. The third-order valence-corrected chi connectivity index (χ3v) is 6.70. The van der Waals surface area contributed by atoms with Gasteiger partial charge in [0, 0.05) is 0 Å². The summed E-state index contributed by atoms with van der Waals surface area (Å²) in [4.78, 5) is 0. The van der Waals surface area contributed by atoms with Crippen molar-refractivity contribution in [3.8, 4) is 11.1 Å². The van der Waals surface area contributed by atoms with E-state index in [4.69, 9.17) is 0 Å². The van der Waals surface area contributed by atoms with Crippen LogP contribution in [0, 0.1) is 0 Å². The zero-order valence-electron chi connectivity index (χ0n) is 17.8. The predicted molar refractivity (Wildman–Crippen MR) is 122 cm³/mol. The molecule has 0 N–H and O–H groups in total. The van der Waals surface area contributed by atoms with Crippen LogP contribution in [0.1, 0.15) is 95.8 Å². The maximum Gasteiger partial charge on any atom is -0.0140 e. The van der Waals surface area contributed by atoms with E-state index in [1.807, 2.05) is 0 Å². The summed E-state index contributed by atoms with van der Waals surface area (Å²) in [5, 5.41) is 1.65. The molecule has 0 bridgehead atoms. The molecule has 0 aliphatic rings. The van der Waals surface area contributed by atoms with E-state index in [0.717, 1.165) is 8.58 Å². The van der Waals surface area contributed by atoms with Gasteiger partial charge in [0.25, 0.3) is 0 Å². The van der Waals surface area contributed by atoms with Gasteiger partial charge in [0.1, 0.15) is 0 Å². The number of unbranched alkanes of at least 4 members (excludes halogenated alkanes) is 1. The lowest BCUT2D eigenvalue weighted by Crippen LogP contribution is -2.16. The van der Waals surface area contributed by atoms with Crippen molar-refractivity contribution < 1.29 is 0 Å². The van der Waals surface area contributed by atoms with Gasteiger partial charge in [-0.2, -0.15) is 0 Å². The first kappa shape index (κ1) is 21.2. The second-order valence-corrected chi connectivity index (χ2v) is 9.68. The van der Waals surface area contributed by atoms with Gasteiger partial charge in [0.05, 0.1) is 0 Å². The Balaban J connectivity index is 2.69. The molecule has 0 spiro atoms. The van der Waals surface area contributed by atoms with Gasteiger partial charge in [-0.15, -0.1) is 0 Å². The van der Waals surface area contributed by atoms with E-state index in [0.29, 0.717) is 17.8 Å². The van der Waals surface area contributed by atoms with Crippen molar-refractivity contribution in [2.24, 2.45) is 0 Å². The monoisotopic (exact) mass is 368 g/mol. The van der Waals surface area contributed by atoms with Crippen LogP contribution < -0.4 is 5.30 Å². The molecule has 0 nitrogen and oxygen atoms in total. The lowest BCUT2D eigenvalue weighted by Gasteiger charge is -2.25. The highest BCUT2D eigenvalue weighted by atomic mass is 31.1. The standard InChI is InChI=1S/C25H37P/c1-8-9-16-26-25-21(18(4)5)14-15-23(24(25)19(6)7)22-13-11-10-12-20(22)17(2)3/h10-15,17-19,26H,8-9,16H2,1-7H3. The molecule has 0 radical (unpaired) electrons. The predicted octanol–water partition coefficient (Wildman–Crippen LogP) is 7.83. The molecule has 0 aliphatic heterocycles. The van der Waals surface area contributed by atoms with Gasteiger partial charge in [0.2, 0.25) is 0 Å². The highest BCUT2D eigenvalue weighted by molar-refractivity contribution is 7.47. The van der Waals surface area contributed by atoms with Crippen LogP contribution in [-0.2, 0) is 0 Å². The Morgan fingerprint density at radius 2 is 1.38 bits per heavy atom. The molecule has 1 atom stereocenters. The van der Waals surface area contributed by atoms with Crippen LogP contribution in [0.2, 0.25) is 0 Å². The van der Waals surface area contributed by atoms with Crippen molar-refractivity contribution in [3.63, 3.8) is 0 Å². The van der Waals surface area contributed by atoms with Crippen molar-refractivity contribution in [3.05, 3.63) is 53.1 Å². The zero-order valence-corrected chi connectivity index (χ0v) is 18.8. The zero-order chi connectivity index (χ0) is 19.3. The minimum Gasteiger partial charge on any atom is -0.0897 e. The van der Waals surface area contributed by atoms with Gasteiger partial charge in [-0.3, -0.25) is 0 Å². The van der Waals surface area contributed by atoms with Gasteiger partial charge in [0.15, 0.2) is 0 Å². The molecule has 0 heterocycles. The van der Waals surface area contributed by atoms with Crippen molar-refractivity contribution >= 4 is 13.9 Å². The summed E-state index contributed by atoms with van der Waals surface area (Å²) in [6, 6.07) is 13.8.